The van der Waals surface area contributed by atoms with Crippen molar-refractivity contribution >= 4 is 57.8 Å². The van der Waals surface area contributed by atoms with Gasteiger partial charge in [0.1, 0.15) is 10.9 Å². The number of carbonyl (C=O) groups is 3. The molecule has 2 aromatic rings. The number of carboxylic acids is 1. The molecule has 6 nitrogen and oxygen atoms in total. The van der Waals surface area contributed by atoms with E-state index in [9.17, 15) is 19.5 Å². The molecule has 0 saturated carbocycles. The number of thiocarbonyl (C=S) groups is 1. The second-order valence-electron chi connectivity index (χ2n) is 6.09. The van der Waals surface area contributed by atoms with E-state index in [0.29, 0.717) is 14.9 Å². The largest absolute Gasteiger partial charge is 0.545 e. The summed E-state index contributed by atoms with van der Waals surface area (Å²) < 4.78 is 0.311. The quantitative estimate of drug-likeness (QED) is 0.599. The van der Waals surface area contributed by atoms with E-state index in [1.165, 1.54) is 29.2 Å². The van der Waals surface area contributed by atoms with Crippen LogP contribution in [0.4, 0.5) is 5.69 Å². The smallest absolute Gasteiger partial charge is 0.266 e. The van der Waals surface area contributed by atoms with Crippen LogP contribution in [-0.4, -0.2) is 33.5 Å². The Labute approximate surface area is 171 Å². The van der Waals surface area contributed by atoms with Crippen LogP contribution < -0.4 is 10.4 Å². The minimum atomic E-state index is -1.30. The lowest BCUT2D eigenvalue weighted by atomic mass is 10.1. The van der Waals surface area contributed by atoms with Crippen LogP contribution in [0, 0.1) is 6.92 Å². The van der Waals surface area contributed by atoms with E-state index in [-0.39, 0.29) is 18.0 Å². The maximum absolute atomic E-state index is 12.6. The van der Waals surface area contributed by atoms with Gasteiger partial charge in [-0.25, -0.2) is 0 Å². The number of carbonyl (C=O) groups excluding carboxylic acids is 3. The van der Waals surface area contributed by atoms with Gasteiger partial charge in [0, 0.05) is 5.69 Å². The molecule has 0 bridgehead atoms. The number of hydrogen-bond acceptors (Lipinski definition) is 6. The zero-order valence-corrected chi connectivity index (χ0v) is 16.4. The Hall–Kier alpha value is -2.97. The van der Waals surface area contributed by atoms with Crippen LogP contribution in [0.2, 0.25) is 0 Å². The molecule has 1 heterocycles. The van der Waals surface area contributed by atoms with Crippen molar-refractivity contribution in [3.63, 3.8) is 0 Å². The minimum Gasteiger partial charge on any atom is -0.545 e. The van der Waals surface area contributed by atoms with E-state index in [0.717, 1.165) is 22.9 Å². The first kappa shape index (κ1) is 19.8. The second kappa shape index (κ2) is 8.37. The van der Waals surface area contributed by atoms with Crippen LogP contribution in [-0.2, 0) is 9.59 Å². The average Bonchev–Trinajstić information content (AvgIpc) is 2.91. The molecule has 28 heavy (non-hydrogen) atoms. The Kier molecular flexibility index (Phi) is 5.91. The van der Waals surface area contributed by atoms with Gasteiger partial charge < -0.3 is 15.2 Å². The van der Waals surface area contributed by atoms with E-state index in [1.54, 1.807) is 6.08 Å². The van der Waals surface area contributed by atoms with Gasteiger partial charge in [-0.3, -0.25) is 14.5 Å². The van der Waals surface area contributed by atoms with E-state index in [4.69, 9.17) is 12.2 Å². The number of hydrogen-bond donors (Lipinski definition) is 1. The highest BCUT2D eigenvalue weighted by molar-refractivity contribution is 8.26. The third kappa shape index (κ3) is 4.65. The van der Waals surface area contributed by atoms with Crippen molar-refractivity contribution in [1.29, 1.82) is 0 Å². The fourth-order valence-electron chi connectivity index (χ4n) is 2.48. The third-order valence-electron chi connectivity index (χ3n) is 3.95. The molecule has 2 amide bonds. The van der Waals surface area contributed by atoms with Crippen molar-refractivity contribution < 1.29 is 19.5 Å². The molecule has 1 aliphatic heterocycles. The summed E-state index contributed by atoms with van der Waals surface area (Å²) in [5.74, 6) is -2.05. The maximum atomic E-state index is 12.6. The van der Waals surface area contributed by atoms with Crippen molar-refractivity contribution in [2.75, 3.05) is 11.9 Å². The van der Waals surface area contributed by atoms with E-state index in [1.807, 2.05) is 31.2 Å². The standard InChI is InChI=1S/C20H16N2O4S2/c1-12-2-4-13(5-3-12)10-16-18(24)22(20(27)28-16)11-17(23)21-15-8-6-14(7-9-15)19(25)26/h2-10H,11H2,1H3,(H,21,23)(H,25,26)/p-1/b16-10+. The predicted molar refractivity (Wildman–Crippen MR) is 110 cm³/mol. The summed E-state index contributed by atoms with van der Waals surface area (Å²) in [4.78, 5) is 37.3. The number of anilines is 1. The first-order valence-electron chi connectivity index (χ1n) is 8.27. The molecular weight excluding hydrogens is 396 g/mol. The lowest BCUT2D eigenvalue weighted by molar-refractivity contribution is -0.255. The molecule has 1 fully saturated rings. The number of carboxylic acid groups (broad SMARTS) is 1. The normalized spacial score (nSPS) is 15.2. The van der Waals surface area contributed by atoms with Crippen LogP contribution in [0.25, 0.3) is 6.08 Å². The second-order valence-corrected chi connectivity index (χ2v) is 7.77. The molecule has 1 N–H and O–H groups in total. The number of nitrogens with zero attached hydrogens (tertiary/aromatic N) is 1. The molecule has 0 spiro atoms. The van der Waals surface area contributed by atoms with Crippen molar-refractivity contribution in [2.24, 2.45) is 0 Å². The summed E-state index contributed by atoms with van der Waals surface area (Å²) in [5.41, 5.74) is 2.42. The molecule has 8 heteroatoms. The van der Waals surface area contributed by atoms with Crippen LogP contribution in [0.3, 0.4) is 0 Å². The highest BCUT2D eigenvalue weighted by Crippen LogP contribution is 2.32. The number of aryl methyl sites for hydroxylation is 1. The maximum Gasteiger partial charge on any atom is 0.266 e. The van der Waals surface area contributed by atoms with Crippen molar-refractivity contribution in [1.82, 2.24) is 4.90 Å². The minimum absolute atomic E-state index is 0.0104. The Bertz CT molecular complexity index is 982. The lowest BCUT2D eigenvalue weighted by Gasteiger charge is -2.14. The first-order chi connectivity index (χ1) is 13.3. The van der Waals surface area contributed by atoms with Crippen LogP contribution in [0.1, 0.15) is 21.5 Å². The monoisotopic (exact) mass is 411 g/mol. The van der Waals surface area contributed by atoms with Crippen molar-refractivity contribution in [2.45, 2.75) is 6.92 Å². The van der Waals surface area contributed by atoms with Gasteiger partial charge in [-0.05, 0) is 36.3 Å². The molecule has 0 radical (unpaired) electrons. The summed E-state index contributed by atoms with van der Waals surface area (Å²) >= 11 is 6.39. The van der Waals surface area contributed by atoms with Crippen molar-refractivity contribution in [3.8, 4) is 0 Å². The van der Waals surface area contributed by atoms with Crippen LogP contribution in [0.5, 0.6) is 0 Å². The third-order valence-corrected chi connectivity index (χ3v) is 5.33. The zero-order chi connectivity index (χ0) is 20.3. The summed E-state index contributed by atoms with van der Waals surface area (Å²) in [5, 5.41) is 13.4. The van der Waals surface area contributed by atoms with Gasteiger partial charge in [-0.15, -0.1) is 0 Å². The molecule has 0 unspecified atom stereocenters. The van der Waals surface area contributed by atoms with Crippen LogP contribution in [0.15, 0.2) is 53.4 Å². The molecule has 1 saturated heterocycles. The summed E-state index contributed by atoms with van der Waals surface area (Å²) in [6, 6.07) is 13.3. The Morgan fingerprint density at radius 1 is 1.14 bits per heavy atom. The highest BCUT2D eigenvalue weighted by atomic mass is 32.2. The number of rotatable bonds is 5. The Morgan fingerprint density at radius 3 is 2.39 bits per heavy atom. The molecular formula is C20H15N2O4S2-. The van der Waals surface area contributed by atoms with Crippen LogP contribution >= 0.6 is 24.0 Å². The van der Waals surface area contributed by atoms with Gasteiger partial charge in [0.05, 0.1) is 10.9 Å². The fourth-order valence-corrected chi connectivity index (χ4v) is 3.74. The number of aromatic carboxylic acids is 1. The molecule has 3 rings (SSSR count). The van der Waals surface area contributed by atoms with Gasteiger partial charge >= 0.3 is 0 Å². The molecule has 2 aromatic carbocycles. The van der Waals surface area contributed by atoms with E-state index in [2.05, 4.69) is 5.32 Å². The van der Waals surface area contributed by atoms with Gasteiger partial charge in [0.25, 0.3) is 5.91 Å². The number of amides is 2. The van der Waals surface area contributed by atoms with Gasteiger partial charge in [-0.1, -0.05) is 65.9 Å². The lowest BCUT2D eigenvalue weighted by Crippen LogP contribution is -2.36. The number of thioether (sulfide) groups is 1. The highest BCUT2D eigenvalue weighted by Gasteiger charge is 2.33. The number of benzene rings is 2. The van der Waals surface area contributed by atoms with E-state index < -0.39 is 11.9 Å². The van der Waals surface area contributed by atoms with E-state index >= 15 is 0 Å². The summed E-state index contributed by atoms with van der Waals surface area (Å²) in [7, 11) is 0. The summed E-state index contributed by atoms with van der Waals surface area (Å²) in [6.45, 7) is 1.76. The zero-order valence-electron chi connectivity index (χ0n) is 14.8. The Morgan fingerprint density at radius 2 is 1.79 bits per heavy atom. The molecule has 142 valence electrons. The molecule has 0 aliphatic carbocycles. The fraction of sp³-hybridized carbons (Fsp3) is 0.100. The molecule has 0 aromatic heterocycles. The average molecular weight is 411 g/mol. The Balaban J connectivity index is 1.65. The first-order valence-corrected chi connectivity index (χ1v) is 9.49. The predicted octanol–water partition coefficient (Wildman–Crippen LogP) is 2.20. The van der Waals surface area contributed by atoms with Gasteiger partial charge in [-0.2, -0.15) is 0 Å². The van der Waals surface area contributed by atoms with Gasteiger partial charge in [0.15, 0.2) is 0 Å². The number of nitrogens with one attached hydrogen (secondary N) is 1. The van der Waals surface area contributed by atoms with Crippen molar-refractivity contribution in [3.05, 3.63) is 70.1 Å². The topological polar surface area (TPSA) is 89.5 Å². The van der Waals surface area contributed by atoms with Gasteiger partial charge in [0.2, 0.25) is 5.91 Å². The SMILES string of the molecule is Cc1ccc(/C=C2/SC(=S)N(CC(=O)Nc3ccc(C(=O)[O-])cc3)C2=O)cc1. The molecule has 1 aliphatic rings. The summed E-state index contributed by atoms with van der Waals surface area (Å²) in [6.07, 6.45) is 1.75. The molecule has 0 atom stereocenters.